The van der Waals surface area contributed by atoms with Gasteiger partial charge in [-0.05, 0) is 20.4 Å². The van der Waals surface area contributed by atoms with Crippen molar-refractivity contribution in [3.63, 3.8) is 0 Å². The molecule has 6 aliphatic heterocycles. The number of Topliss-reactive ketones (excluding diaryl/α,β-unsaturated/α-hetero) is 2. The Morgan fingerprint density at radius 2 is 1.90 bits per heavy atom. The number of likely N-dealkylation sites (N-methyl/N-ethyl adjacent to an activating group) is 1. The number of hydrogen-bond acceptors (Lipinski definition) is 8. The van der Waals surface area contributed by atoms with E-state index in [-0.39, 0.29) is 47.9 Å². The topological polar surface area (TPSA) is 71.5 Å². The number of rotatable bonds is 1. The molecular weight excluding hydrogens is 374 g/mol. The normalized spacial score (nSPS) is 48.5. The van der Waals surface area contributed by atoms with Crippen LogP contribution in [0.5, 0.6) is 0 Å². The Balaban J connectivity index is 1.49. The van der Waals surface area contributed by atoms with Crippen LogP contribution in [0.25, 0.3) is 0 Å². The summed E-state index contributed by atoms with van der Waals surface area (Å²) in [5, 5.41) is 0. The zero-order valence-electron chi connectivity index (χ0n) is 16.8. The summed E-state index contributed by atoms with van der Waals surface area (Å²) >= 11 is 0. The number of piperazine rings is 1. The minimum absolute atomic E-state index is 0.00929. The first-order valence-electron chi connectivity index (χ1n) is 10.6. The van der Waals surface area contributed by atoms with Gasteiger partial charge in [0.25, 0.3) is 0 Å². The first kappa shape index (κ1) is 17.1. The van der Waals surface area contributed by atoms with Crippen LogP contribution in [0.3, 0.4) is 0 Å². The third kappa shape index (κ3) is 1.73. The van der Waals surface area contributed by atoms with Crippen LogP contribution in [-0.4, -0.2) is 103 Å². The maximum Gasteiger partial charge on any atom is 0.226 e. The molecule has 8 nitrogen and oxygen atoms in total. The number of nitrogens with zero attached hydrogens (tertiary/aromatic N) is 3. The number of allylic oxidation sites excluding steroid dienone is 2. The zero-order chi connectivity index (χ0) is 19.8. The van der Waals surface area contributed by atoms with Crippen molar-refractivity contribution in [1.82, 2.24) is 14.7 Å². The molecule has 7 rings (SSSR count). The average Bonchev–Trinajstić information content (AvgIpc) is 3.40. The summed E-state index contributed by atoms with van der Waals surface area (Å²) in [5.74, 6) is 0.413. The van der Waals surface area contributed by atoms with E-state index < -0.39 is 0 Å². The second-order valence-corrected chi connectivity index (χ2v) is 9.39. The van der Waals surface area contributed by atoms with Gasteiger partial charge in [-0.25, -0.2) is 0 Å². The molecule has 8 atom stereocenters. The van der Waals surface area contributed by atoms with Crippen LogP contribution in [0.1, 0.15) is 13.3 Å². The molecule has 0 aromatic heterocycles. The lowest BCUT2D eigenvalue weighted by Crippen LogP contribution is -2.76. The molecule has 154 valence electrons. The number of fused-ring (bicyclic) bond motifs is 7. The van der Waals surface area contributed by atoms with Crippen molar-refractivity contribution < 1.29 is 23.8 Å². The third-order valence-electron chi connectivity index (χ3n) is 8.56. The predicted molar refractivity (Wildman–Crippen MR) is 99.6 cm³/mol. The Kier molecular flexibility index (Phi) is 3.17. The molecule has 7 aliphatic rings. The molecule has 0 amide bonds. The molecule has 0 radical (unpaired) electrons. The van der Waals surface area contributed by atoms with Crippen molar-refractivity contribution in [3.8, 4) is 0 Å². The predicted octanol–water partition coefficient (Wildman–Crippen LogP) is -0.493. The molecule has 2 bridgehead atoms. The van der Waals surface area contributed by atoms with Gasteiger partial charge in [0.15, 0.2) is 11.5 Å². The zero-order valence-corrected chi connectivity index (χ0v) is 16.8. The van der Waals surface area contributed by atoms with E-state index >= 15 is 0 Å². The fourth-order valence-electron chi connectivity index (χ4n) is 7.60. The Morgan fingerprint density at radius 3 is 2.69 bits per heavy atom. The first-order chi connectivity index (χ1) is 14.0. The Labute approximate surface area is 169 Å². The van der Waals surface area contributed by atoms with Gasteiger partial charge in [0.1, 0.15) is 12.5 Å². The van der Waals surface area contributed by atoms with Crippen LogP contribution in [0.2, 0.25) is 0 Å². The molecule has 0 unspecified atom stereocenters. The first-order valence-corrected chi connectivity index (χ1v) is 10.6. The van der Waals surface area contributed by atoms with E-state index in [9.17, 15) is 9.59 Å². The van der Waals surface area contributed by atoms with Gasteiger partial charge in [0, 0.05) is 41.3 Å². The van der Waals surface area contributed by atoms with Crippen molar-refractivity contribution in [2.75, 3.05) is 33.9 Å². The van der Waals surface area contributed by atoms with Gasteiger partial charge in [0.2, 0.25) is 5.78 Å². The van der Waals surface area contributed by atoms with Crippen molar-refractivity contribution in [2.24, 2.45) is 5.92 Å². The molecule has 0 saturated carbocycles. The highest BCUT2D eigenvalue weighted by Gasteiger charge is 2.70. The van der Waals surface area contributed by atoms with E-state index in [0.717, 1.165) is 13.0 Å². The van der Waals surface area contributed by atoms with Crippen molar-refractivity contribution >= 4 is 11.6 Å². The summed E-state index contributed by atoms with van der Waals surface area (Å²) in [4.78, 5) is 34.4. The van der Waals surface area contributed by atoms with Gasteiger partial charge in [-0.3, -0.25) is 24.3 Å². The molecule has 0 aromatic carbocycles. The fraction of sp³-hybridized carbons (Fsp3) is 0.714. The molecule has 5 saturated heterocycles. The lowest BCUT2D eigenvalue weighted by molar-refractivity contribution is -0.157. The summed E-state index contributed by atoms with van der Waals surface area (Å²) in [7, 11) is 3.66. The highest BCUT2D eigenvalue weighted by Crippen LogP contribution is 2.56. The van der Waals surface area contributed by atoms with Crippen molar-refractivity contribution in [2.45, 2.75) is 56.0 Å². The number of ether oxygens (including phenoxy) is 3. The van der Waals surface area contributed by atoms with Crippen LogP contribution in [0, 0.1) is 5.92 Å². The van der Waals surface area contributed by atoms with Crippen LogP contribution < -0.4 is 0 Å². The standard InChI is InChI=1S/C21H25N3O5/c1-8-17(25)13-12(18(26)19(8)27-3)11-7-29-21-10-6-9-14(22(10)2)16(24(11)21)15(13)23-4-5-28-20(9)23/h9-11,14-16,20-21H,4-7H2,1-3H3/t9-,10-,11-,14+,15+,16+,20+,21+/m0/s1. The second kappa shape index (κ2) is 5.36. The highest BCUT2D eigenvalue weighted by molar-refractivity contribution is 6.25. The van der Waals surface area contributed by atoms with E-state index in [1.165, 1.54) is 7.11 Å². The number of piperidine rings is 1. The van der Waals surface area contributed by atoms with Gasteiger partial charge in [-0.1, -0.05) is 0 Å². The van der Waals surface area contributed by atoms with Gasteiger partial charge in [-0.2, -0.15) is 0 Å². The number of carbonyl (C=O) groups excluding carboxylic acids is 2. The van der Waals surface area contributed by atoms with E-state index in [0.29, 0.717) is 47.9 Å². The molecule has 29 heavy (non-hydrogen) atoms. The molecule has 5 fully saturated rings. The van der Waals surface area contributed by atoms with Gasteiger partial charge in [0.05, 0.1) is 38.4 Å². The number of methoxy groups -OCH3 is 1. The monoisotopic (exact) mass is 399 g/mol. The largest absolute Gasteiger partial charge is 0.492 e. The highest BCUT2D eigenvalue weighted by atomic mass is 16.5. The number of ketones is 2. The second-order valence-electron chi connectivity index (χ2n) is 9.39. The summed E-state index contributed by atoms with van der Waals surface area (Å²) in [5.41, 5.74) is 1.71. The van der Waals surface area contributed by atoms with Gasteiger partial charge < -0.3 is 14.2 Å². The van der Waals surface area contributed by atoms with Crippen LogP contribution in [0.4, 0.5) is 0 Å². The quantitative estimate of drug-likeness (QED) is 0.547. The molecule has 6 heterocycles. The maximum atomic E-state index is 13.6. The van der Waals surface area contributed by atoms with Crippen LogP contribution in [-0.2, 0) is 23.8 Å². The minimum Gasteiger partial charge on any atom is -0.492 e. The van der Waals surface area contributed by atoms with E-state index in [4.69, 9.17) is 14.2 Å². The lowest BCUT2D eigenvalue weighted by atomic mass is 9.70. The molecule has 8 heteroatoms. The summed E-state index contributed by atoms with van der Waals surface area (Å²) < 4.78 is 17.9. The van der Waals surface area contributed by atoms with E-state index in [2.05, 4.69) is 21.7 Å². The molecule has 0 spiro atoms. The van der Waals surface area contributed by atoms with E-state index in [1.54, 1.807) is 6.92 Å². The van der Waals surface area contributed by atoms with Crippen LogP contribution in [0.15, 0.2) is 22.5 Å². The third-order valence-corrected chi connectivity index (χ3v) is 8.56. The maximum absolute atomic E-state index is 13.6. The Morgan fingerprint density at radius 1 is 1.07 bits per heavy atom. The number of hydrogen-bond donors (Lipinski definition) is 0. The van der Waals surface area contributed by atoms with Crippen molar-refractivity contribution in [3.05, 3.63) is 22.5 Å². The summed E-state index contributed by atoms with van der Waals surface area (Å²) in [6, 6.07) is 0.460. The average molecular weight is 399 g/mol. The molecule has 1 aliphatic carbocycles. The van der Waals surface area contributed by atoms with Gasteiger partial charge in [-0.15, -0.1) is 0 Å². The molecular formula is C21H25N3O5. The van der Waals surface area contributed by atoms with Crippen LogP contribution >= 0.6 is 0 Å². The fourth-order valence-corrected chi connectivity index (χ4v) is 7.60. The SMILES string of the molecule is COC1=C(C)C(=O)C2=C(C1=O)[C@@H]1CO[C@@H]3[C@@H]4C[C@H]5[C@H]([C@H]([C@@H]2N2CCO[C@H]52)N31)N4C. The summed E-state index contributed by atoms with van der Waals surface area (Å²) in [6.45, 7) is 3.65. The lowest BCUT2D eigenvalue weighted by Gasteiger charge is -2.60. The molecule has 0 N–H and O–H groups in total. The minimum atomic E-state index is -0.163. The number of carbonyl (C=O) groups is 2. The Bertz CT molecular complexity index is 927. The molecule has 0 aromatic rings. The van der Waals surface area contributed by atoms with E-state index in [1.807, 2.05) is 0 Å². The summed E-state index contributed by atoms with van der Waals surface area (Å²) in [6.07, 6.45) is 1.01. The van der Waals surface area contributed by atoms with Gasteiger partial charge >= 0.3 is 0 Å². The smallest absolute Gasteiger partial charge is 0.226 e. The van der Waals surface area contributed by atoms with Crippen molar-refractivity contribution in [1.29, 1.82) is 0 Å². The Hall–Kier alpha value is -1.58.